The number of nitrogens with one attached hydrogen (secondary N) is 1. The van der Waals surface area contributed by atoms with Crippen molar-refractivity contribution in [1.29, 1.82) is 0 Å². The molecule has 2 fully saturated rings. The fourth-order valence-electron chi connectivity index (χ4n) is 3.49. The summed E-state index contributed by atoms with van der Waals surface area (Å²) in [5.74, 6) is 0.795. The van der Waals surface area contributed by atoms with Crippen molar-refractivity contribution >= 4 is 5.91 Å². The van der Waals surface area contributed by atoms with Crippen LogP contribution in [0, 0.1) is 5.92 Å². The second-order valence-corrected chi connectivity index (χ2v) is 6.98. The highest BCUT2D eigenvalue weighted by atomic mass is 16.5. The molecule has 6 heteroatoms. The minimum Gasteiger partial charge on any atom is -0.376 e. The monoisotopic (exact) mass is 328 g/mol. The lowest BCUT2D eigenvalue weighted by atomic mass is 10.0. The van der Waals surface area contributed by atoms with Gasteiger partial charge in [-0.05, 0) is 49.3 Å². The first-order chi connectivity index (χ1) is 11.7. The van der Waals surface area contributed by atoms with E-state index in [9.17, 15) is 4.79 Å². The van der Waals surface area contributed by atoms with E-state index in [-0.39, 0.29) is 18.1 Å². The van der Waals surface area contributed by atoms with Crippen molar-refractivity contribution in [2.75, 3.05) is 13.2 Å². The highest BCUT2D eigenvalue weighted by Crippen LogP contribution is 2.32. The summed E-state index contributed by atoms with van der Waals surface area (Å²) in [6, 6.07) is 3.77. The normalized spacial score (nSPS) is 23.8. The molecule has 2 atom stereocenters. The van der Waals surface area contributed by atoms with Crippen LogP contribution < -0.4 is 0 Å². The van der Waals surface area contributed by atoms with E-state index in [0.29, 0.717) is 5.69 Å². The number of nitrogens with zero attached hydrogens (tertiary/aromatic N) is 3. The number of rotatable bonds is 6. The Balaban J connectivity index is 1.51. The van der Waals surface area contributed by atoms with Crippen LogP contribution in [0.15, 0.2) is 30.7 Å². The molecule has 1 aliphatic carbocycles. The summed E-state index contributed by atoms with van der Waals surface area (Å²) in [6.45, 7) is 1.58. The van der Waals surface area contributed by atoms with E-state index in [1.807, 2.05) is 41.2 Å². The maximum atomic E-state index is 12.8. The van der Waals surface area contributed by atoms with Gasteiger partial charge in [-0.15, -0.1) is 0 Å². The molecule has 0 aromatic carbocycles. The zero-order valence-electron chi connectivity index (χ0n) is 14.0. The van der Waals surface area contributed by atoms with Gasteiger partial charge < -0.3 is 14.6 Å². The third-order valence-corrected chi connectivity index (χ3v) is 5.02. The maximum absolute atomic E-state index is 12.8. The predicted molar refractivity (Wildman–Crippen MR) is 89.6 cm³/mol. The average Bonchev–Trinajstić information content (AvgIpc) is 2.98. The number of aromatic nitrogens is 3. The van der Waals surface area contributed by atoms with Crippen molar-refractivity contribution in [1.82, 2.24) is 19.7 Å². The van der Waals surface area contributed by atoms with Gasteiger partial charge in [0.1, 0.15) is 5.69 Å². The standard InChI is InChI=1S/C18H24N4O2/c1-21-11-14(10-20-21)9-16-17(24-12-13-4-5-13)6-8-22(16)18(23)15-3-2-7-19-15/h2-3,7,10-11,13,16-17,19H,4-6,8-9,12H2,1H3/t16-,17-/m1/s1. The molecule has 0 bridgehead atoms. The summed E-state index contributed by atoms with van der Waals surface area (Å²) < 4.78 is 7.99. The minimum absolute atomic E-state index is 0.0615. The number of carbonyl (C=O) groups excluding carboxylic acids is 1. The lowest BCUT2D eigenvalue weighted by molar-refractivity contribution is 0.0199. The summed E-state index contributed by atoms with van der Waals surface area (Å²) in [5.41, 5.74) is 1.79. The Morgan fingerprint density at radius 3 is 2.96 bits per heavy atom. The number of hydrogen-bond donors (Lipinski definition) is 1. The van der Waals surface area contributed by atoms with Gasteiger partial charge >= 0.3 is 0 Å². The Kier molecular flexibility index (Phi) is 4.14. The second kappa shape index (κ2) is 6.43. The van der Waals surface area contributed by atoms with E-state index in [2.05, 4.69) is 10.1 Å². The molecule has 4 rings (SSSR count). The molecule has 24 heavy (non-hydrogen) atoms. The first kappa shape index (κ1) is 15.4. The van der Waals surface area contributed by atoms with Crippen molar-refractivity contribution in [2.24, 2.45) is 13.0 Å². The van der Waals surface area contributed by atoms with Crippen LogP contribution in [0.5, 0.6) is 0 Å². The van der Waals surface area contributed by atoms with Gasteiger partial charge in [-0.25, -0.2) is 0 Å². The van der Waals surface area contributed by atoms with Gasteiger partial charge in [0.2, 0.25) is 0 Å². The Labute approximate surface area is 141 Å². The molecular weight excluding hydrogens is 304 g/mol. The number of hydrogen-bond acceptors (Lipinski definition) is 3. The van der Waals surface area contributed by atoms with Crippen LogP contribution >= 0.6 is 0 Å². The molecule has 2 aliphatic rings. The minimum atomic E-state index is 0.0615. The van der Waals surface area contributed by atoms with Crippen LogP contribution in [0.2, 0.25) is 0 Å². The quantitative estimate of drug-likeness (QED) is 0.882. The van der Waals surface area contributed by atoms with Crippen LogP contribution in [0.1, 0.15) is 35.3 Å². The van der Waals surface area contributed by atoms with Crippen molar-refractivity contribution in [2.45, 2.75) is 37.8 Å². The molecule has 3 heterocycles. The lowest BCUT2D eigenvalue weighted by Gasteiger charge is -2.28. The largest absolute Gasteiger partial charge is 0.376 e. The number of H-pyrrole nitrogens is 1. The van der Waals surface area contributed by atoms with Crippen LogP contribution in [-0.2, 0) is 18.2 Å². The molecule has 128 valence electrons. The van der Waals surface area contributed by atoms with Gasteiger partial charge in [0.25, 0.3) is 5.91 Å². The van der Waals surface area contributed by atoms with E-state index >= 15 is 0 Å². The highest BCUT2D eigenvalue weighted by Gasteiger charge is 2.39. The summed E-state index contributed by atoms with van der Waals surface area (Å²) in [6.07, 6.45) is 10.1. The average molecular weight is 328 g/mol. The van der Waals surface area contributed by atoms with Crippen LogP contribution in [0.3, 0.4) is 0 Å². The van der Waals surface area contributed by atoms with E-state index < -0.39 is 0 Å². The Morgan fingerprint density at radius 2 is 2.29 bits per heavy atom. The Hall–Kier alpha value is -2.08. The van der Waals surface area contributed by atoms with E-state index in [0.717, 1.165) is 37.5 Å². The molecule has 0 spiro atoms. The second-order valence-electron chi connectivity index (χ2n) is 6.98. The van der Waals surface area contributed by atoms with Crippen molar-refractivity contribution in [3.05, 3.63) is 42.0 Å². The van der Waals surface area contributed by atoms with Crippen LogP contribution in [0.25, 0.3) is 0 Å². The van der Waals surface area contributed by atoms with Gasteiger partial charge in [-0.3, -0.25) is 9.48 Å². The zero-order chi connectivity index (χ0) is 16.5. The first-order valence-electron chi connectivity index (χ1n) is 8.74. The summed E-state index contributed by atoms with van der Waals surface area (Å²) in [4.78, 5) is 17.8. The number of aromatic amines is 1. The topological polar surface area (TPSA) is 63.1 Å². The molecule has 2 aromatic heterocycles. The summed E-state index contributed by atoms with van der Waals surface area (Å²) in [5, 5.41) is 4.25. The fraction of sp³-hybridized carbons (Fsp3) is 0.556. The molecule has 1 aliphatic heterocycles. The third kappa shape index (κ3) is 3.24. The summed E-state index contributed by atoms with van der Waals surface area (Å²) in [7, 11) is 1.92. The van der Waals surface area contributed by atoms with Crippen LogP contribution in [-0.4, -0.2) is 50.9 Å². The highest BCUT2D eigenvalue weighted by molar-refractivity contribution is 5.92. The van der Waals surface area contributed by atoms with E-state index in [4.69, 9.17) is 4.74 Å². The predicted octanol–water partition coefficient (Wildman–Crippen LogP) is 2.00. The number of carbonyl (C=O) groups is 1. The van der Waals surface area contributed by atoms with Gasteiger partial charge in [-0.2, -0.15) is 5.10 Å². The fourth-order valence-corrected chi connectivity index (χ4v) is 3.49. The maximum Gasteiger partial charge on any atom is 0.270 e. The molecule has 1 N–H and O–H groups in total. The molecule has 0 unspecified atom stereocenters. The third-order valence-electron chi connectivity index (χ3n) is 5.02. The number of amides is 1. The molecule has 1 saturated heterocycles. The molecule has 1 saturated carbocycles. The number of ether oxygens (including phenoxy) is 1. The molecule has 0 radical (unpaired) electrons. The Bertz CT molecular complexity index is 690. The number of likely N-dealkylation sites (tertiary alicyclic amines) is 1. The van der Waals surface area contributed by atoms with Gasteiger partial charge in [-0.1, -0.05) is 0 Å². The van der Waals surface area contributed by atoms with Gasteiger partial charge in [0, 0.05) is 32.6 Å². The van der Waals surface area contributed by atoms with Crippen molar-refractivity contribution < 1.29 is 9.53 Å². The van der Waals surface area contributed by atoms with Gasteiger partial charge in [0.05, 0.1) is 18.3 Å². The van der Waals surface area contributed by atoms with Crippen LogP contribution in [0.4, 0.5) is 0 Å². The molecular formula is C18H24N4O2. The molecule has 2 aromatic rings. The van der Waals surface area contributed by atoms with E-state index in [1.54, 1.807) is 6.20 Å². The lowest BCUT2D eigenvalue weighted by Crippen LogP contribution is -2.42. The molecule has 6 nitrogen and oxygen atoms in total. The summed E-state index contributed by atoms with van der Waals surface area (Å²) >= 11 is 0. The number of aryl methyl sites for hydroxylation is 1. The van der Waals surface area contributed by atoms with Crippen molar-refractivity contribution in [3.63, 3.8) is 0 Å². The van der Waals surface area contributed by atoms with Crippen molar-refractivity contribution in [3.8, 4) is 0 Å². The SMILES string of the molecule is Cn1cc(C[C@@H]2[C@H](OCC3CC3)CCN2C(=O)c2ccc[nH]2)cn1. The van der Waals surface area contributed by atoms with Gasteiger partial charge in [0.15, 0.2) is 0 Å². The smallest absolute Gasteiger partial charge is 0.270 e. The van der Waals surface area contributed by atoms with E-state index in [1.165, 1.54) is 12.8 Å². The first-order valence-corrected chi connectivity index (χ1v) is 8.74. The zero-order valence-corrected chi connectivity index (χ0v) is 14.0. The molecule has 1 amide bonds. The Morgan fingerprint density at radius 1 is 1.42 bits per heavy atom.